The van der Waals surface area contributed by atoms with E-state index in [9.17, 15) is 8.42 Å². The van der Waals surface area contributed by atoms with Gasteiger partial charge in [-0.2, -0.15) is 5.10 Å². The highest BCUT2D eigenvalue weighted by Crippen LogP contribution is 2.32. The number of sulfonamides is 1. The quantitative estimate of drug-likeness (QED) is 0.775. The van der Waals surface area contributed by atoms with Crippen molar-refractivity contribution in [2.75, 3.05) is 11.8 Å². The van der Waals surface area contributed by atoms with Crippen LogP contribution in [0.5, 0.6) is 5.75 Å². The van der Waals surface area contributed by atoms with Gasteiger partial charge in [-0.15, -0.1) is 11.3 Å². The number of aromatic amines is 1. The molecule has 0 aliphatic rings. The number of thiophene rings is 1. The van der Waals surface area contributed by atoms with Crippen LogP contribution in [0.1, 0.15) is 0 Å². The highest BCUT2D eigenvalue weighted by molar-refractivity contribution is 7.94. The van der Waals surface area contributed by atoms with Crippen molar-refractivity contribution >= 4 is 38.0 Å². The number of nitrogens with zero attached hydrogens (tertiary/aromatic N) is 1. The van der Waals surface area contributed by atoms with Gasteiger partial charge in [-0.05, 0) is 17.5 Å². The Morgan fingerprint density at radius 2 is 2.20 bits per heavy atom. The lowest BCUT2D eigenvalue weighted by atomic mass is 10.2. The van der Waals surface area contributed by atoms with Gasteiger partial charge in [-0.3, -0.25) is 9.82 Å². The Morgan fingerprint density at radius 1 is 1.35 bits per heavy atom. The number of aromatic nitrogens is 2. The fraction of sp³-hybridized carbons (Fsp3) is 0.0833. The number of nitrogens with one attached hydrogen (secondary N) is 2. The van der Waals surface area contributed by atoms with Gasteiger partial charge in [0.05, 0.1) is 24.5 Å². The van der Waals surface area contributed by atoms with E-state index in [1.807, 2.05) is 6.07 Å². The number of H-pyrrole nitrogens is 1. The van der Waals surface area contributed by atoms with Crippen molar-refractivity contribution < 1.29 is 13.2 Å². The van der Waals surface area contributed by atoms with Crippen LogP contribution >= 0.6 is 11.3 Å². The van der Waals surface area contributed by atoms with Gasteiger partial charge in [-0.25, -0.2) is 8.42 Å². The van der Waals surface area contributed by atoms with Crippen molar-refractivity contribution in [2.24, 2.45) is 0 Å². The van der Waals surface area contributed by atoms with E-state index in [0.29, 0.717) is 17.0 Å². The summed E-state index contributed by atoms with van der Waals surface area (Å²) in [4.78, 5) is 0. The zero-order valence-corrected chi connectivity index (χ0v) is 12.1. The zero-order valence-electron chi connectivity index (χ0n) is 10.5. The number of rotatable bonds is 4. The average molecular weight is 309 g/mol. The number of methoxy groups -OCH3 is 1. The molecule has 2 N–H and O–H groups in total. The second-order valence-electron chi connectivity index (χ2n) is 4.02. The molecular weight excluding hydrogens is 298 g/mol. The number of hydrogen-bond acceptors (Lipinski definition) is 5. The lowest BCUT2D eigenvalue weighted by Gasteiger charge is -2.08. The molecule has 2 aromatic heterocycles. The minimum atomic E-state index is -3.69. The van der Waals surface area contributed by atoms with E-state index in [1.165, 1.54) is 7.11 Å². The minimum Gasteiger partial charge on any atom is -0.494 e. The maximum absolute atomic E-state index is 12.4. The summed E-state index contributed by atoms with van der Waals surface area (Å²) in [5.74, 6) is 0.333. The van der Waals surface area contributed by atoms with Gasteiger partial charge >= 0.3 is 0 Å². The Hall–Kier alpha value is -2.06. The van der Waals surface area contributed by atoms with Gasteiger partial charge in [0.15, 0.2) is 4.21 Å². The SMILES string of the molecule is COc1ccsc1S(=O)(=O)Nc1cccc2cn[nH]c12. The van der Waals surface area contributed by atoms with E-state index in [4.69, 9.17) is 4.74 Å². The van der Waals surface area contributed by atoms with Crippen molar-refractivity contribution in [3.63, 3.8) is 0 Å². The third-order valence-electron chi connectivity index (χ3n) is 2.78. The second-order valence-corrected chi connectivity index (χ2v) is 6.82. The van der Waals surface area contributed by atoms with Gasteiger partial charge in [-0.1, -0.05) is 12.1 Å². The standard InChI is InChI=1S/C12H11N3O3S2/c1-18-10-5-6-19-12(10)20(16,17)15-9-4-2-3-8-7-13-14-11(8)9/h2-7,15H,1H3,(H,13,14). The van der Waals surface area contributed by atoms with E-state index >= 15 is 0 Å². The molecular formula is C12H11N3O3S2. The van der Waals surface area contributed by atoms with Gasteiger partial charge < -0.3 is 4.74 Å². The molecule has 0 saturated heterocycles. The second kappa shape index (κ2) is 4.80. The fourth-order valence-corrected chi connectivity index (χ4v) is 4.23. The number of fused-ring (bicyclic) bond motifs is 1. The smallest absolute Gasteiger partial charge is 0.275 e. The normalized spacial score (nSPS) is 11.7. The van der Waals surface area contributed by atoms with Crippen LogP contribution in [-0.2, 0) is 10.0 Å². The number of ether oxygens (including phenoxy) is 1. The predicted octanol–water partition coefficient (Wildman–Crippen LogP) is 2.43. The summed E-state index contributed by atoms with van der Waals surface area (Å²) in [6.45, 7) is 0. The molecule has 104 valence electrons. The molecule has 0 radical (unpaired) electrons. The first-order valence-corrected chi connectivity index (χ1v) is 8.04. The van der Waals surface area contributed by atoms with Crippen molar-refractivity contribution in [3.8, 4) is 5.75 Å². The van der Waals surface area contributed by atoms with Crippen molar-refractivity contribution in [3.05, 3.63) is 35.8 Å². The van der Waals surface area contributed by atoms with Gasteiger partial charge in [0.1, 0.15) is 5.75 Å². The molecule has 0 amide bonds. The molecule has 0 fully saturated rings. The maximum atomic E-state index is 12.4. The maximum Gasteiger partial charge on any atom is 0.275 e. The predicted molar refractivity (Wildman–Crippen MR) is 77.8 cm³/mol. The zero-order chi connectivity index (χ0) is 14.2. The van der Waals surface area contributed by atoms with Crippen LogP contribution in [0, 0.1) is 0 Å². The average Bonchev–Trinajstić information content (AvgIpc) is 3.07. The van der Waals surface area contributed by atoms with E-state index in [1.54, 1.807) is 29.8 Å². The first-order chi connectivity index (χ1) is 9.62. The van der Waals surface area contributed by atoms with Gasteiger partial charge in [0.2, 0.25) is 0 Å². The van der Waals surface area contributed by atoms with Crippen LogP contribution in [-0.4, -0.2) is 25.7 Å². The molecule has 0 aliphatic carbocycles. The van der Waals surface area contributed by atoms with Crippen LogP contribution in [0.15, 0.2) is 40.1 Å². The summed E-state index contributed by atoms with van der Waals surface area (Å²) in [7, 11) is -2.25. The van der Waals surface area contributed by atoms with Crippen molar-refractivity contribution in [2.45, 2.75) is 4.21 Å². The van der Waals surface area contributed by atoms with E-state index < -0.39 is 10.0 Å². The molecule has 3 aromatic rings. The molecule has 6 nitrogen and oxygen atoms in total. The van der Waals surface area contributed by atoms with Crippen LogP contribution in [0.25, 0.3) is 10.9 Å². The summed E-state index contributed by atoms with van der Waals surface area (Å²) >= 11 is 1.11. The Bertz CT molecular complexity index is 852. The Kier molecular flexibility index (Phi) is 3.11. The summed E-state index contributed by atoms with van der Waals surface area (Å²) < 4.78 is 32.5. The molecule has 2 heterocycles. The van der Waals surface area contributed by atoms with Crippen molar-refractivity contribution in [1.29, 1.82) is 0 Å². The largest absolute Gasteiger partial charge is 0.494 e. The van der Waals surface area contributed by atoms with E-state index in [0.717, 1.165) is 16.7 Å². The summed E-state index contributed by atoms with van der Waals surface area (Å²) in [6.07, 6.45) is 1.64. The molecule has 0 bridgehead atoms. The van der Waals surface area contributed by atoms with Crippen LogP contribution in [0.4, 0.5) is 5.69 Å². The van der Waals surface area contributed by atoms with Crippen LogP contribution in [0.2, 0.25) is 0 Å². The van der Waals surface area contributed by atoms with E-state index in [2.05, 4.69) is 14.9 Å². The topological polar surface area (TPSA) is 84.1 Å². The number of para-hydroxylation sites is 1. The number of anilines is 1. The third-order valence-corrected chi connectivity index (χ3v) is 5.59. The molecule has 3 rings (SSSR count). The lowest BCUT2D eigenvalue weighted by Crippen LogP contribution is -2.12. The Balaban J connectivity index is 2.04. The molecule has 0 spiro atoms. The van der Waals surface area contributed by atoms with Crippen LogP contribution < -0.4 is 9.46 Å². The summed E-state index contributed by atoms with van der Waals surface area (Å²) in [6, 6.07) is 6.91. The first-order valence-electron chi connectivity index (χ1n) is 5.68. The highest BCUT2D eigenvalue weighted by atomic mass is 32.2. The molecule has 1 aromatic carbocycles. The first kappa shape index (κ1) is 12.9. The number of hydrogen-bond donors (Lipinski definition) is 2. The lowest BCUT2D eigenvalue weighted by molar-refractivity contribution is 0.406. The molecule has 8 heteroatoms. The van der Waals surface area contributed by atoms with E-state index in [-0.39, 0.29) is 4.21 Å². The van der Waals surface area contributed by atoms with Gasteiger partial charge in [0, 0.05) is 5.39 Å². The third kappa shape index (κ3) is 2.12. The monoisotopic (exact) mass is 309 g/mol. The molecule has 0 saturated carbocycles. The fourth-order valence-electron chi connectivity index (χ4n) is 1.88. The summed E-state index contributed by atoms with van der Waals surface area (Å²) in [5.41, 5.74) is 1.10. The highest BCUT2D eigenvalue weighted by Gasteiger charge is 2.22. The van der Waals surface area contributed by atoms with Gasteiger partial charge in [0.25, 0.3) is 10.0 Å². The Morgan fingerprint density at radius 3 is 3.00 bits per heavy atom. The number of benzene rings is 1. The Labute approximate surface area is 119 Å². The molecule has 20 heavy (non-hydrogen) atoms. The van der Waals surface area contributed by atoms with Crippen molar-refractivity contribution in [1.82, 2.24) is 10.2 Å². The summed E-state index contributed by atoms with van der Waals surface area (Å²) in [5, 5.41) is 9.19. The van der Waals surface area contributed by atoms with Crippen LogP contribution in [0.3, 0.4) is 0 Å². The molecule has 0 aliphatic heterocycles. The molecule has 0 unspecified atom stereocenters. The molecule has 0 atom stereocenters. The minimum absolute atomic E-state index is 0.150.